The van der Waals surface area contributed by atoms with E-state index in [1.165, 1.54) is 129 Å². The molecular formula is C30H61N2O3+. The lowest BCUT2D eigenvalue weighted by Gasteiger charge is -2.35. The molecule has 0 saturated heterocycles. The zero-order valence-electron chi connectivity index (χ0n) is 23.9. The Labute approximate surface area is 218 Å². The highest BCUT2D eigenvalue weighted by Crippen LogP contribution is 2.15. The van der Waals surface area contributed by atoms with Crippen LogP contribution < -0.4 is 5.32 Å². The van der Waals surface area contributed by atoms with Crippen LogP contribution in [0.1, 0.15) is 149 Å². The molecule has 0 heterocycles. The zero-order valence-corrected chi connectivity index (χ0v) is 23.9. The fourth-order valence-corrected chi connectivity index (χ4v) is 4.89. The van der Waals surface area contributed by atoms with E-state index in [1.54, 1.807) is 0 Å². The predicted molar refractivity (Wildman–Crippen MR) is 150 cm³/mol. The molecule has 0 aliphatic heterocycles. The monoisotopic (exact) mass is 497 g/mol. The maximum Gasteiger partial charge on any atom is 0.303 e. The van der Waals surface area contributed by atoms with Crippen LogP contribution in [0.3, 0.4) is 0 Å². The molecule has 1 unspecified atom stereocenters. The van der Waals surface area contributed by atoms with Crippen molar-refractivity contribution in [1.82, 2.24) is 5.32 Å². The fraction of sp³-hybridized carbons (Fsp3) is 0.933. The average Bonchev–Trinajstić information content (AvgIpc) is 2.82. The molecule has 0 aromatic carbocycles. The lowest BCUT2D eigenvalue weighted by atomic mass is 10.0. The van der Waals surface area contributed by atoms with Gasteiger partial charge in [-0.05, 0) is 25.7 Å². The molecule has 0 aromatic heterocycles. The number of hydrogen-bond acceptors (Lipinski definition) is 2. The maximum absolute atomic E-state index is 11.8. The molecule has 1 atom stereocenters. The minimum absolute atomic E-state index is 0.0774. The number of unbranched alkanes of at least 4 members (excludes halogenated alkanes) is 17. The molecule has 5 heteroatoms. The van der Waals surface area contributed by atoms with Crippen molar-refractivity contribution in [2.45, 2.75) is 149 Å². The Balaban J connectivity index is 3.80. The highest BCUT2D eigenvalue weighted by molar-refractivity contribution is 5.80. The second-order valence-corrected chi connectivity index (χ2v) is 11.0. The van der Waals surface area contributed by atoms with Gasteiger partial charge in [-0.25, -0.2) is 0 Å². The number of aliphatic carboxylic acids is 1. The Morgan fingerprint density at radius 1 is 0.571 bits per heavy atom. The molecule has 0 spiro atoms. The van der Waals surface area contributed by atoms with Crippen LogP contribution in [0, 0.1) is 0 Å². The molecule has 0 aliphatic rings. The summed E-state index contributed by atoms with van der Waals surface area (Å²) in [5, 5.41) is 11.6. The van der Waals surface area contributed by atoms with Gasteiger partial charge in [0.2, 0.25) is 5.91 Å². The molecule has 5 nitrogen and oxygen atoms in total. The molecule has 0 rings (SSSR count). The summed E-state index contributed by atoms with van der Waals surface area (Å²) in [6.07, 6.45) is 26.0. The molecule has 1 amide bonds. The molecule has 208 valence electrons. The van der Waals surface area contributed by atoms with E-state index in [9.17, 15) is 9.59 Å². The van der Waals surface area contributed by atoms with Gasteiger partial charge in [0.25, 0.3) is 0 Å². The second kappa shape index (κ2) is 24.6. The van der Waals surface area contributed by atoms with E-state index in [4.69, 9.17) is 5.11 Å². The Kier molecular flexibility index (Phi) is 23.8. The Hall–Kier alpha value is -1.10. The molecule has 0 fully saturated rings. The van der Waals surface area contributed by atoms with Crippen molar-refractivity contribution >= 4 is 11.9 Å². The summed E-state index contributed by atoms with van der Waals surface area (Å²) in [5.74, 6) is -1.06. The van der Waals surface area contributed by atoms with Gasteiger partial charge in [0, 0.05) is 6.42 Å². The van der Waals surface area contributed by atoms with Gasteiger partial charge in [-0.2, -0.15) is 0 Å². The summed E-state index contributed by atoms with van der Waals surface area (Å²) in [5.41, 5.74) is 0. The summed E-state index contributed by atoms with van der Waals surface area (Å²) in [7, 11) is 2.32. The molecule has 0 aromatic rings. The maximum atomic E-state index is 11.8. The van der Waals surface area contributed by atoms with E-state index in [0.717, 1.165) is 17.6 Å². The average molecular weight is 498 g/mol. The van der Waals surface area contributed by atoms with Crippen molar-refractivity contribution in [1.29, 1.82) is 0 Å². The second-order valence-electron chi connectivity index (χ2n) is 11.0. The van der Waals surface area contributed by atoms with Gasteiger partial charge in [0.05, 0.1) is 39.6 Å². The van der Waals surface area contributed by atoms with E-state index < -0.39 is 5.97 Å². The van der Waals surface area contributed by atoms with Gasteiger partial charge in [0.15, 0.2) is 0 Å². The van der Waals surface area contributed by atoms with E-state index in [2.05, 4.69) is 26.2 Å². The highest BCUT2D eigenvalue weighted by atomic mass is 16.4. The van der Waals surface area contributed by atoms with E-state index in [1.807, 2.05) is 0 Å². The number of quaternary nitrogens is 1. The summed E-state index contributed by atoms with van der Waals surface area (Å²) in [6.45, 7) is 8.43. The van der Waals surface area contributed by atoms with Crippen LogP contribution in [0.5, 0.6) is 0 Å². The summed E-state index contributed by atoms with van der Waals surface area (Å²) in [6, 6.07) is 0. The number of carbonyl (C=O) groups is 2. The molecule has 0 bridgehead atoms. The van der Waals surface area contributed by atoms with Gasteiger partial charge in [-0.15, -0.1) is 0 Å². The molecule has 0 radical (unpaired) electrons. The number of nitrogens with one attached hydrogen (secondary N) is 1. The number of carboxylic acid groups (broad SMARTS) is 1. The predicted octanol–water partition coefficient (Wildman–Crippen LogP) is 7.87. The van der Waals surface area contributed by atoms with Gasteiger partial charge < -0.3 is 14.9 Å². The SMILES string of the molecule is CCCCCCCCCCCCCCCCCC[N+](C)(CCCCC)CCNC(=O)CCC(=O)O. The third kappa shape index (κ3) is 24.4. The van der Waals surface area contributed by atoms with Gasteiger partial charge in [0.1, 0.15) is 0 Å². The van der Waals surface area contributed by atoms with E-state index in [0.29, 0.717) is 6.54 Å². The molecule has 2 N–H and O–H groups in total. The quantitative estimate of drug-likeness (QED) is 0.0896. The van der Waals surface area contributed by atoms with Crippen molar-refractivity contribution in [2.75, 3.05) is 33.2 Å². The first-order valence-electron chi connectivity index (χ1n) is 15.3. The Bertz CT molecular complexity index is 498. The fourth-order valence-electron chi connectivity index (χ4n) is 4.89. The third-order valence-corrected chi connectivity index (χ3v) is 7.39. The number of amides is 1. The van der Waals surface area contributed by atoms with Crippen molar-refractivity contribution in [3.63, 3.8) is 0 Å². The van der Waals surface area contributed by atoms with Crippen LogP contribution in [0.4, 0.5) is 0 Å². The number of rotatable bonds is 27. The molecule has 0 aliphatic carbocycles. The number of likely N-dealkylation sites (N-methyl/N-ethyl adjacent to an activating group) is 1. The highest BCUT2D eigenvalue weighted by Gasteiger charge is 2.20. The third-order valence-electron chi connectivity index (χ3n) is 7.39. The van der Waals surface area contributed by atoms with Crippen LogP contribution in [0.25, 0.3) is 0 Å². The standard InChI is InChI=1S/C30H60N2O3/c1-4-6-8-9-10-11-12-13-14-15-16-17-18-19-20-22-27-32(3,26-21-7-5-2)28-25-31-29(33)23-24-30(34)35/h4-28H2,1-3H3,(H-,31,33,34,35)/p+1. The van der Waals surface area contributed by atoms with Crippen LogP contribution in [-0.4, -0.2) is 54.7 Å². The normalized spacial score (nSPS) is 13.0. The number of carboxylic acids is 1. The number of nitrogens with zero attached hydrogens (tertiary/aromatic N) is 1. The Morgan fingerprint density at radius 3 is 1.37 bits per heavy atom. The van der Waals surface area contributed by atoms with Gasteiger partial charge >= 0.3 is 5.97 Å². The molecule has 0 saturated carbocycles. The van der Waals surface area contributed by atoms with Crippen molar-refractivity contribution in [2.24, 2.45) is 0 Å². The van der Waals surface area contributed by atoms with Crippen molar-refractivity contribution < 1.29 is 19.2 Å². The first-order chi connectivity index (χ1) is 16.9. The van der Waals surface area contributed by atoms with Crippen molar-refractivity contribution in [3.8, 4) is 0 Å². The minimum Gasteiger partial charge on any atom is -0.481 e. The van der Waals surface area contributed by atoms with Crippen LogP contribution in [0.15, 0.2) is 0 Å². The number of carbonyl (C=O) groups excluding carboxylic acids is 1. The zero-order chi connectivity index (χ0) is 26.0. The lowest BCUT2D eigenvalue weighted by Crippen LogP contribution is -2.50. The molecular weight excluding hydrogens is 436 g/mol. The summed E-state index contributed by atoms with van der Waals surface area (Å²) >= 11 is 0. The Morgan fingerprint density at radius 2 is 0.943 bits per heavy atom. The topological polar surface area (TPSA) is 66.4 Å². The number of hydrogen-bond donors (Lipinski definition) is 2. The van der Waals surface area contributed by atoms with E-state index >= 15 is 0 Å². The summed E-state index contributed by atoms with van der Waals surface area (Å²) in [4.78, 5) is 22.5. The minimum atomic E-state index is -0.913. The van der Waals surface area contributed by atoms with E-state index in [-0.39, 0.29) is 18.7 Å². The first-order valence-corrected chi connectivity index (χ1v) is 15.3. The first kappa shape index (κ1) is 33.9. The van der Waals surface area contributed by atoms with Crippen LogP contribution in [0.2, 0.25) is 0 Å². The summed E-state index contributed by atoms with van der Waals surface area (Å²) < 4.78 is 1.01. The largest absolute Gasteiger partial charge is 0.481 e. The smallest absolute Gasteiger partial charge is 0.303 e. The van der Waals surface area contributed by atoms with Crippen LogP contribution >= 0.6 is 0 Å². The van der Waals surface area contributed by atoms with Gasteiger partial charge in [-0.1, -0.05) is 110 Å². The lowest BCUT2D eigenvalue weighted by molar-refractivity contribution is -0.908. The van der Waals surface area contributed by atoms with Gasteiger partial charge in [-0.3, -0.25) is 9.59 Å². The van der Waals surface area contributed by atoms with Crippen molar-refractivity contribution in [3.05, 3.63) is 0 Å². The molecule has 35 heavy (non-hydrogen) atoms. The van der Waals surface area contributed by atoms with Crippen LogP contribution in [-0.2, 0) is 9.59 Å².